The maximum absolute atomic E-state index is 11.5. The van der Waals surface area contributed by atoms with Gasteiger partial charge in [0.05, 0.1) is 0 Å². The van der Waals surface area contributed by atoms with Gasteiger partial charge in [-0.25, -0.2) is 0 Å². The first-order valence-electron chi connectivity index (χ1n) is 5.52. The predicted molar refractivity (Wildman–Crippen MR) is 65.3 cm³/mol. The lowest BCUT2D eigenvalue weighted by Gasteiger charge is -2.24. The van der Waals surface area contributed by atoms with Crippen molar-refractivity contribution in [3.63, 3.8) is 0 Å². The van der Waals surface area contributed by atoms with E-state index in [9.17, 15) is 4.79 Å². The van der Waals surface area contributed by atoms with Crippen LogP contribution >= 0.6 is 11.8 Å². The van der Waals surface area contributed by atoms with Crippen LogP contribution in [0.4, 0.5) is 0 Å². The third-order valence-corrected chi connectivity index (χ3v) is 4.49. The highest BCUT2D eigenvalue weighted by molar-refractivity contribution is 7.99. The lowest BCUT2D eigenvalue weighted by atomic mass is 9.96. The molecule has 1 unspecified atom stereocenters. The summed E-state index contributed by atoms with van der Waals surface area (Å²) in [6.45, 7) is 1.88. The first-order valence-corrected chi connectivity index (χ1v) is 6.51. The monoisotopic (exact) mass is 255 g/mol. The Morgan fingerprint density at radius 1 is 1.59 bits per heavy atom. The van der Waals surface area contributed by atoms with Gasteiger partial charge in [-0.3, -0.25) is 4.79 Å². The fourth-order valence-electron chi connectivity index (χ4n) is 1.69. The van der Waals surface area contributed by atoms with Crippen LogP contribution in [0.15, 0.2) is 5.16 Å². The smallest absolute Gasteiger partial charge is 0.238 e. The zero-order chi connectivity index (χ0) is 12.6. The molecule has 1 amide bonds. The number of rotatable bonds is 5. The van der Waals surface area contributed by atoms with Crippen molar-refractivity contribution in [3.8, 4) is 0 Å². The van der Waals surface area contributed by atoms with Crippen LogP contribution in [0.5, 0.6) is 0 Å². The second kappa shape index (κ2) is 4.30. The van der Waals surface area contributed by atoms with Crippen molar-refractivity contribution in [2.45, 2.75) is 30.5 Å². The average Bonchev–Trinajstić information content (AvgIpc) is 3.07. The number of aromatic nitrogens is 3. The highest BCUT2D eigenvalue weighted by Crippen LogP contribution is 2.40. The second-order valence-electron chi connectivity index (χ2n) is 4.56. The normalized spacial score (nSPS) is 19.0. The van der Waals surface area contributed by atoms with Gasteiger partial charge in [-0.05, 0) is 25.7 Å². The molecule has 1 fully saturated rings. The molecule has 4 N–H and O–H groups in total. The number of primary amides is 1. The van der Waals surface area contributed by atoms with Crippen LogP contribution in [0.3, 0.4) is 0 Å². The van der Waals surface area contributed by atoms with Crippen molar-refractivity contribution in [2.24, 2.45) is 24.4 Å². The Morgan fingerprint density at radius 2 is 2.24 bits per heavy atom. The average molecular weight is 255 g/mol. The fraction of sp³-hybridized carbons (Fsp3) is 0.700. The minimum atomic E-state index is -0.912. The van der Waals surface area contributed by atoms with Gasteiger partial charge in [0.15, 0.2) is 5.16 Å². The topological polar surface area (TPSA) is 99.8 Å². The Labute approximate surface area is 104 Å². The lowest BCUT2D eigenvalue weighted by molar-refractivity contribution is -0.123. The molecule has 0 spiro atoms. The summed E-state index contributed by atoms with van der Waals surface area (Å²) in [6.07, 6.45) is 1.97. The zero-order valence-electron chi connectivity index (χ0n) is 10.0. The van der Waals surface area contributed by atoms with Gasteiger partial charge >= 0.3 is 0 Å². The van der Waals surface area contributed by atoms with Crippen molar-refractivity contribution in [1.29, 1.82) is 0 Å². The van der Waals surface area contributed by atoms with E-state index in [2.05, 4.69) is 10.2 Å². The number of nitrogens with zero attached hydrogens (tertiary/aromatic N) is 3. The highest BCUT2D eigenvalue weighted by atomic mass is 32.2. The molecule has 6 nitrogen and oxygen atoms in total. The van der Waals surface area contributed by atoms with Crippen molar-refractivity contribution in [2.75, 3.05) is 5.75 Å². The van der Waals surface area contributed by atoms with Crippen LogP contribution < -0.4 is 11.5 Å². The van der Waals surface area contributed by atoms with E-state index in [0.717, 1.165) is 23.8 Å². The number of aryl methyl sites for hydroxylation is 1. The molecule has 0 aliphatic heterocycles. The summed E-state index contributed by atoms with van der Waals surface area (Å²) in [5.41, 5.74) is 10.6. The van der Waals surface area contributed by atoms with Gasteiger partial charge in [-0.15, -0.1) is 10.2 Å². The summed E-state index contributed by atoms with van der Waals surface area (Å²) in [5, 5.41) is 8.75. The molecule has 0 bridgehead atoms. The van der Waals surface area contributed by atoms with E-state index < -0.39 is 11.4 Å². The Hall–Kier alpha value is -1.08. The third kappa shape index (κ3) is 2.30. The molecule has 1 atom stereocenters. The molecule has 0 radical (unpaired) electrons. The van der Waals surface area contributed by atoms with Gasteiger partial charge in [-0.2, -0.15) is 0 Å². The van der Waals surface area contributed by atoms with Gasteiger partial charge in [-0.1, -0.05) is 11.8 Å². The SMILES string of the molecule is Cc1nnc(SCC(N)(C(N)=O)C2CC2)n1C. The van der Waals surface area contributed by atoms with Crippen molar-refractivity contribution in [3.05, 3.63) is 5.82 Å². The van der Waals surface area contributed by atoms with E-state index >= 15 is 0 Å². The van der Waals surface area contributed by atoms with E-state index in [0.29, 0.717) is 5.75 Å². The van der Waals surface area contributed by atoms with Gasteiger partial charge < -0.3 is 16.0 Å². The highest BCUT2D eigenvalue weighted by Gasteiger charge is 2.46. The molecule has 1 heterocycles. The van der Waals surface area contributed by atoms with Gasteiger partial charge in [0.2, 0.25) is 5.91 Å². The number of hydrogen-bond donors (Lipinski definition) is 2. The summed E-state index contributed by atoms with van der Waals surface area (Å²) in [6, 6.07) is 0. The molecule has 1 aliphatic carbocycles. The summed E-state index contributed by atoms with van der Waals surface area (Å²) in [5.74, 6) is 1.09. The third-order valence-electron chi connectivity index (χ3n) is 3.26. The Kier molecular flexibility index (Phi) is 3.13. The van der Waals surface area contributed by atoms with E-state index in [1.54, 1.807) is 0 Å². The summed E-state index contributed by atoms with van der Waals surface area (Å²) in [4.78, 5) is 11.5. The minimum absolute atomic E-state index is 0.224. The van der Waals surface area contributed by atoms with E-state index in [1.165, 1.54) is 11.8 Å². The van der Waals surface area contributed by atoms with Gasteiger partial charge in [0, 0.05) is 12.8 Å². The van der Waals surface area contributed by atoms with Crippen molar-refractivity contribution >= 4 is 17.7 Å². The van der Waals surface area contributed by atoms with Crippen LogP contribution in [0.1, 0.15) is 18.7 Å². The predicted octanol–water partition coefficient (Wildman–Crippen LogP) is -0.192. The molecule has 1 aliphatic rings. The van der Waals surface area contributed by atoms with Crippen LogP contribution in [0.25, 0.3) is 0 Å². The van der Waals surface area contributed by atoms with Crippen LogP contribution in [-0.2, 0) is 11.8 Å². The molecule has 0 aromatic carbocycles. The van der Waals surface area contributed by atoms with E-state index in [1.807, 2.05) is 18.5 Å². The fourth-order valence-corrected chi connectivity index (χ4v) is 2.86. The van der Waals surface area contributed by atoms with Crippen LogP contribution in [-0.4, -0.2) is 32.0 Å². The summed E-state index contributed by atoms with van der Waals surface area (Å²) >= 11 is 1.43. The largest absolute Gasteiger partial charge is 0.368 e. The molecule has 2 rings (SSSR count). The summed E-state index contributed by atoms with van der Waals surface area (Å²) in [7, 11) is 1.89. The first kappa shape index (κ1) is 12.4. The molecular weight excluding hydrogens is 238 g/mol. The van der Waals surface area contributed by atoms with Crippen LogP contribution in [0.2, 0.25) is 0 Å². The Morgan fingerprint density at radius 3 is 2.65 bits per heavy atom. The number of hydrogen-bond acceptors (Lipinski definition) is 5. The zero-order valence-corrected chi connectivity index (χ0v) is 10.8. The Bertz CT molecular complexity index is 442. The van der Waals surface area contributed by atoms with Crippen molar-refractivity contribution < 1.29 is 4.79 Å². The number of nitrogens with two attached hydrogens (primary N) is 2. The molecule has 7 heteroatoms. The number of amides is 1. The number of thioether (sulfide) groups is 1. The first-order chi connectivity index (χ1) is 7.95. The quantitative estimate of drug-likeness (QED) is 0.710. The number of carbonyl (C=O) groups is 1. The summed E-state index contributed by atoms with van der Waals surface area (Å²) < 4.78 is 1.87. The number of carbonyl (C=O) groups excluding carboxylic acids is 1. The molecule has 0 saturated heterocycles. The standard InChI is InChI=1S/C10H17N5OS/c1-6-13-14-9(15(6)2)17-5-10(12,8(11)16)7-3-4-7/h7H,3-5,12H2,1-2H3,(H2,11,16). The van der Waals surface area contributed by atoms with Gasteiger partial charge in [0.25, 0.3) is 0 Å². The second-order valence-corrected chi connectivity index (χ2v) is 5.50. The lowest BCUT2D eigenvalue weighted by Crippen LogP contribution is -2.56. The minimum Gasteiger partial charge on any atom is -0.368 e. The van der Waals surface area contributed by atoms with E-state index in [4.69, 9.17) is 11.5 Å². The molecule has 1 saturated carbocycles. The van der Waals surface area contributed by atoms with Crippen LogP contribution in [0, 0.1) is 12.8 Å². The molecule has 17 heavy (non-hydrogen) atoms. The maximum atomic E-state index is 11.5. The molecule has 94 valence electrons. The van der Waals surface area contributed by atoms with Gasteiger partial charge in [0.1, 0.15) is 11.4 Å². The molecule has 1 aromatic rings. The van der Waals surface area contributed by atoms with E-state index in [-0.39, 0.29) is 5.92 Å². The molecule has 1 aromatic heterocycles. The Balaban J connectivity index is 2.05. The molecular formula is C10H17N5OS. The van der Waals surface area contributed by atoms with Crippen molar-refractivity contribution in [1.82, 2.24) is 14.8 Å². The maximum Gasteiger partial charge on any atom is 0.238 e.